The van der Waals surface area contributed by atoms with E-state index >= 15 is 0 Å². The quantitative estimate of drug-likeness (QED) is 0.665. The first kappa shape index (κ1) is 13.5. The number of benzene rings is 2. The Balaban J connectivity index is 2.31. The van der Waals surface area contributed by atoms with Gasteiger partial charge in [-0.1, -0.05) is 0 Å². The fourth-order valence-electron chi connectivity index (χ4n) is 1.46. The van der Waals surface area contributed by atoms with Gasteiger partial charge in [0.05, 0.1) is 0 Å². The van der Waals surface area contributed by atoms with E-state index in [0.29, 0.717) is 15.8 Å². The predicted octanol–water partition coefficient (Wildman–Crippen LogP) is 3.80. The third kappa shape index (κ3) is 3.08. The zero-order valence-corrected chi connectivity index (χ0v) is 11.2. The number of amidine groups is 1. The van der Waals surface area contributed by atoms with E-state index in [9.17, 15) is 8.78 Å². The van der Waals surface area contributed by atoms with Gasteiger partial charge in [0.15, 0.2) is 11.6 Å². The topological polar surface area (TPSA) is 59.1 Å². The molecule has 0 aromatic heterocycles. The van der Waals surface area contributed by atoms with Crippen LogP contribution < -0.4 is 10.5 Å². The van der Waals surface area contributed by atoms with Gasteiger partial charge in [0.25, 0.3) is 0 Å². The number of hydrogen-bond donors (Lipinski definition) is 2. The summed E-state index contributed by atoms with van der Waals surface area (Å²) < 4.78 is 32.2. The molecule has 0 aliphatic heterocycles. The van der Waals surface area contributed by atoms with E-state index in [4.69, 9.17) is 15.9 Å². The Kier molecular flexibility index (Phi) is 3.80. The summed E-state index contributed by atoms with van der Waals surface area (Å²) in [5, 5.41) is 7.33. The van der Waals surface area contributed by atoms with Crippen LogP contribution in [0.2, 0.25) is 0 Å². The summed E-state index contributed by atoms with van der Waals surface area (Å²) in [6, 6.07) is 7.56. The average Bonchev–Trinajstić information content (AvgIpc) is 2.33. The van der Waals surface area contributed by atoms with Crippen molar-refractivity contribution in [2.24, 2.45) is 5.73 Å². The summed E-state index contributed by atoms with van der Waals surface area (Å²) in [4.78, 5) is 0. The normalized spacial score (nSPS) is 10.3. The third-order valence-electron chi connectivity index (χ3n) is 2.35. The van der Waals surface area contributed by atoms with Crippen LogP contribution in [0, 0.1) is 17.0 Å². The summed E-state index contributed by atoms with van der Waals surface area (Å²) in [5.74, 6) is -1.25. The number of halogens is 3. The molecule has 0 bridgehead atoms. The molecule has 0 aliphatic rings. The van der Waals surface area contributed by atoms with Gasteiger partial charge in [0.2, 0.25) is 0 Å². The lowest BCUT2D eigenvalue weighted by molar-refractivity contribution is 0.436. The van der Waals surface area contributed by atoms with Crippen LogP contribution in [0.4, 0.5) is 8.78 Å². The minimum Gasteiger partial charge on any atom is -0.454 e. The predicted molar refractivity (Wildman–Crippen MR) is 71.6 cm³/mol. The first-order chi connectivity index (χ1) is 8.97. The van der Waals surface area contributed by atoms with Gasteiger partial charge in [0, 0.05) is 16.1 Å². The fraction of sp³-hybridized carbons (Fsp3) is 0. The maximum Gasteiger partial charge on any atom is 0.165 e. The lowest BCUT2D eigenvalue weighted by Crippen LogP contribution is -2.11. The molecular weight excluding hydrogens is 318 g/mol. The summed E-state index contributed by atoms with van der Waals surface area (Å²) in [7, 11) is 0. The van der Waals surface area contributed by atoms with Crippen LogP contribution in [-0.4, -0.2) is 5.84 Å². The van der Waals surface area contributed by atoms with Crippen molar-refractivity contribution in [1.82, 2.24) is 0 Å². The number of nitrogens with one attached hydrogen (secondary N) is 1. The number of ether oxygens (including phenoxy) is 1. The summed E-state index contributed by atoms with van der Waals surface area (Å²) in [6.45, 7) is 0. The second-order valence-corrected chi connectivity index (χ2v) is 4.59. The first-order valence-electron chi connectivity index (χ1n) is 5.24. The van der Waals surface area contributed by atoms with E-state index in [-0.39, 0.29) is 11.6 Å². The molecule has 2 rings (SSSR count). The fourth-order valence-corrected chi connectivity index (χ4v) is 2.03. The highest BCUT2D eigenvalue weighted by atomic mass is 79.9. The molecule has 3 nitrogen and oxygen atoms in total. The van der Waals surface area contributed by atoms with E-state index < -0.39 is 11.6 Å². The molecule has 98 valence electrons. The van der Waals surface area contributed by atoms with Gasteiger partial charge >= 0.3 is 0 Å². The minimum absolute atomic E-state index is 0.102. The van der Waals surface area contributed by atoms with Crippen LogP contribution >= 0.6 is 15.9 Å². The molecule has 0 radical (unpaired) electrons. The monoisotopic (exact) mass is 326 g/mol. The van der Waals surface area contributed by atoms with E-state index in [1.54, 1.807) is 6.07 Å². The zero-order chi connectivity index (χ0) is 14.0. The molecule has 2 aromatic carbocycles. The Bertz CT molecular complexity index is 647. The number of hydrogen-bond acceptors (Lipinski definition) is 2. The van der Waals surface area contributed by atoms with Crippen molar-refractivity contribution >= 4 is 21.8 Å². The zero-order valence-electron chi connectivity index (χ0n) is 9.58. The van der Waals surface area contributed by atoms with Crippen molar-refractivity contribution in [3.63, 3.8) is 0 Å². The van der Waals surface area contributed by atoms with Crippen molar-refractivity contribution < 1.29 is 13.5 Å². The Hall–Kier alpha value is -1.95. The maximum absolute atomic E-state index is 13.4. The van der Waals surface area contributed by atoms with Crippen LogP contribution in [0.5, 0.6) is 11.5 Å². The van der Waals surface area contributed by atoms with Crippen LogP contribution in [-0.2, 0) is 0 Å². The highest BCUT2D eigenvalue weighted by Gasteiger charge is 2.09. The molecule has 0 saturated heterocycles. The summed E-state index contributed by atoms with van der Waals surface area (Å²) >= 11 is 3.23. The van der Waals surface area contributed by atoms with Crippen LogP contribution in [0.3, 0.4) is 0 Å². The number of nitrogen functional groups attached to an aromatic ring is 1. The van der Waals surface area contributed by atoms with Crippen LogP contribution in [0.1, 0.15) is 5.56 Å². The third-order valence-corrected chi connectivity index (χ3v) is 3.01. The maximum atomic E-state index is 13.4. The van der Waals surface area contributed by atoms with Gasteiger partial charge in [-0.25, -0.2) is 8.78 Å². The second kappa shape index (κ2) is 5.36. The van der Waals surface area contributed by atoms with Crippen LogP contribution in [0.25, 0.3) is 0 Å². The second-order valence-electron chi connectivity index (χ2n) is 3.73. The molecule has 0 amide bonds. The standard InChI is InChI=1S/C13H9BrF2N2O/c14-10-6-8(2-3-9(10)13(17)18)19-12-5-7(15)1-4-11(12)16/h1-6H,(H3,17,18). The Morgan fingerprint density at radius 3 is 2.53 bits per heavy atom. The van der Waals surface area contributed by atoms with Crippen molar-refractivity contribution in [3.8, 4) is 11.5 Å². The lowest BCUT2D eigenvalue weighted by atomic mass is 10.2. The molecule has 0 fully saturated rings. The van der Waals surface area contributed by atoms with Crippen molar-refractivity contribution in [1.29, 1.82) is 5.41 Å². The van der Waals surface area contributed by atoms with Crippen molar-refractivity contribution in [2.45, 2.75) is 0 Å². The van der Waals surface area contributed by atoms with Gasteiger partial charge in [-0.15, -0.1) is 0 Å². The van der Waals surface area contributed by atoms with Crippen molar-refractivity contribution in [3.05, 3.63) is 58.1 Å². The van der Waals surface area contributed by atoms with E-state index in [2.05, 4.69) is 15.9 Å². The van der Waals surface area contributed by atoms with Gasteiger partial charge in [-0.3, -0.25) is 5.41 Å². The summed E-state index contributed by atoms with van der Waals surface area (Å²) in [5.41, 5.74) is 5.86. The molecular formula is C13H9BrF2N2O. The molecule has 0 unspecified atom stereocenters. The molecule has 0 heterocycles. The Morgan fingerprint density at radius 1 is 1.16 bits per heavy atom. The minimum atomic E-state index is -0.659. The molecule has 0 atom stereocenters. The van der Waals surface area contributed by atoms with Gasteiger partial charge < -0.3 is 10.5 Å². The lowest BCUT2D eigenvalue weighted by Gasteiger charge is -2.09. The Morgan fingerprint density at radius 2 is 1.89 bits per heavy atom. The molecule has 0 aliphatic carbocycles. The molecule has 3 N–H and O–H groups in total. The van der Waals surface area contributed by atoms with E-state index in [1.807, 2.05) is 0 Å². The number of nitrogens with two attached hydrogens (primary N) is 1. The molecule has 0 spiro atoms. The van der Waals surface area contributed by atoms with E-state index in [1.165, 1.54) is 12.1 Å². The van der Waals surface area contributed by atoms with Gasteiger partial charge in [0.1, 0.15) is 17.4 Å². The molecule has 2 aromatic rings. The molecule has 19 heavy (non-hydrogen) atoms. The van der Waals surface area contributed by atoms with Gasteiger partial charge in [-0.2, -0.15) is 0 Å². The SMILES string of the molecule is N=C(N)c1ccc(Oc2cc(F)ccc2F)cc1Br. The van der Waals surface area contributed by atoms with Gasteiger partial charge in [-0.05, 0) is 46.3 Å². The number of rotatable bonds is 3. The molecule has 6 heteroatoms. The smallest absolute Gasteiger partial charge is 0.165 e. The highest BCUT2D eigenvalue weighted by Crippen LogP contribution is 2.28. The molecule has 0 saturated carbocycles. The average molecular weight is 327 g/mol. The largest absolute Gasteiger partial charge is 0.454 e. The first-order valence-corrected chi connectivity index (χ1v) is 6.03. The Labute approximate surface area is 116 Å². The van der Waals surface area contributed by atoms with Crippen LogP contribution in [0.15, 0.2) is 40.9 Å². The highest BCUT2D eigenvalue weighted by molar-refractivity contribution is 9.10. The van der Waals surface area contributed by atoms with Crippen molar-refractivity contribution in [2.75, 3.05) is 0 Å². The van der Waals surface area contributed by atoms with E-state index in [0.717, 1.165) is 18.2 Å². The summed E-state index contributed by atoms with van der Waals surface area (Å²) in [6.07, 6.45) is 0.